The largest absolute Gasteiger partial charge is 0.480 e. The molecule has 0 saturated heterocycles. The van der Waals surface area contributed by atoms with Crippen LogP contribution in [-0.2, 0) is 11.2 Å². The smallest absolute Gasteiger partial charge is 0.326 e. The van der Waals surface area contributed by atoms with Crippen molar-refractivity contribution in [2.75, 3.05) is 0 Å². The van der Waals surface area contributed by atoms with E-state index in [9.17, 15) is 9.59 Å². The van der Waals surface area contributed by atoms with Crippen molar-refractivity contribution >= 4 is 12.0 Å². The second kappa shape index (κ2) is 5.88. The Morgan fingerprint density at radius 1 is 1.47 bits per heavy atom. The Hall–Kier alpha value is -2.05. The zero-order valence-corrected chi connectivity index (χ0v) is 9.73. The summed E-state index contributed by atoms with van der Waals surface area (Å²) in [5.41, 5.74) is 0.655. The van der Waals surface area contributed by atoms with Crippen molar-refractivity contribution in [2.45, 2.75) is 32.4 Å². The number of aromatic amines is 1. The molecule has 1 atom stereocenters. The van der Waals surface area contributed by atoms with Crippen LogP contribution in [0.2, 0.25) is 0 Å². The van der Waals surface area contributed by atoms with E-state index in [0.29, 0.717) is 5.69 Å². The number of amides is 2. The molecule has 0 radical (unpaired) electrons. The van der Waals surface area contributed by atoms with E-state index < -0.39 is 18.0 Å². The summed E-state index contributed by atoms with van der Waals surface area (Å²) in [6, 6.07) is -1.52. The molecule has 0 bridgehead atoms. The Bertz CT molecular complexity index is 375. The van der Waals surface area contributed by atoms with Crippen LogP contribution in [-0.4, -0.2) is 39.2 Å². The maximum Gasteiger partial charge on any atom is 0.326 e. The third kappa shape index (κ3) is 4.54. The van der Waals surface area contributed by atoms with E-state index in [1.807, 2.05) is 0 Å². The number of rotatable bonds is 5. The monoisotopic (exact) mass is 240 g/mol. The first-order chi connectivity index (χ1) is 7.99. The van der Waals surface area contributed by atoms with Crippen molar-refractivity contribution in [1.29, 1.82) is 0 Å². The molecule has 17 heavy (non-hydrogen) atoms. The topological polar surface area (TPSA) is 107 Å². The quantitative estimate of drug-likeness (QED) is 0.586. The molecule has 1 aromatic rings. The molecular formula is C10H16N4O3. The van der Waals surface area contributed by atoms with Crippen LogP contribution >= 0.6 is 0 Å². The number of H-pyrrole nitrogens is 1. The van der Waals surface area contributed by atoms with Gasteiger partial charge in [0, 0.05) is 24.4 Å². The van der Waals surface area contributed by atoms with Crippen molar-refractivity contribution < 1.29 is 14.7 Å². The second-order valence-electron chi connectivity index (χ2n) is 3.94. The first-order valence-electron chi connectivity index (χ1n) is 5.26. The van der Waals surface area contributed by atoms with Gasteiger partial charge in [-0.25, -0.2) is 14.6 Å². The number of aromatic nitrogens is 2. The minimum Gasteiger partial charge on any atom is -0.480 e. The Kier molecular flexibility index (Phi) is 4.50. The fraction of sp³-hybridized carbons (Fsp3) is 0.500. The Balaban J connectivity index is 2.55. The molecule has 2 amide bonds. The SMILES string of the molecule is CC(C)NC(=O)N[C@H](Cc1cnc[nH]1)C(=O)O. The van der Waals surface area contributed by atoms with E-state index in [2.05, 4.69) is 20.6 Å². The standard InChI is InChI=1S/C10H16N4O3/c1-6(2)13-10(17)14-8(9(15)16)3-7-4-11-5-12-7/h4-6,8H,3H2,1-2H3,(H,11,12)(H,15,16)(H2,13,14,17)/t8-/m1/s1. The van der Waals surface area contributed by atoms with Gasteiger partial charge in [-0.05, 0) is 13.8 Å². The van der Waals surface area contributed by atoms with E-state index in [-0.39, 0.29) is 12.5 Å². The van der Waals surface area contributed by atoms with Crippen LogP contribution in [0, 0.1) is 0 Å². The molecule has 0 aliphatic rings. The highest BCUT2D eigenvalue weighted by molar-refractivity contribution is 5.82. The molecule has 94 valence electrons. The number of nitrogens with one attached hydrogen (secondary N) is 3. The summed E-state index contributed by atoms with van der Waals surface area (Å²) in [5, 5.41) is 13.9. The van der Waals surface area contributed by atoms with Gasteiger partial charge in [0.2, 0.25) is 0 Å². The summed E-state index contributed by atoms with van der Waals surface area (Å²) >= 11 is 0. The summed E-state index contributed by atoms with van der Waals surface area (Å²) < 4.78 is 0. The first-order valence-corrected chi connectivity index (χ1v) is 5.26. The number of carbonyl (C=O) groups is 2. The van der Waals surface area contributed by atoms with Crippen molar-refractivity contribution in [3.63, 3.8) is 0 Å². The maximum absolute atomic E-state index is 11.4. The van der Waals surface area contributed by atoms with E-state index in [1.54, 1.807) is 13.8 Å². The number of imidazole rings is 1. The molecule has 7 nitrogen and oxygen atoms in total. The average molecular weight is 240 g/mol. The molecule has 0 fully saturated rings. The van der Waals surface area contributed by atoms with Crippen LogP contribution in [0.3, 0.4) is 0 Å². The van der Waals surface area contributed by atoms with Crippen molar-refractivity contribution in [3.8, 4) is 0 Å². The number of urea groups is 1. The van der Waals surface area contributed by atoms with Gasteiger partial charge in [0.1, 0.15) is 6.04 Å². The molecule has 0 aliphatic carbocycles. The third-order valence-corrected chi connectivity index (χ3v) is 2.00. The minimum absolute atomic E-state index is 0.0448. The summed E-state index contributed by atoms with van der Waals surface area (Å²) in [6.07, 6.45) is 3.15. The predicted octanol–water partition coefficient (Wildman–Crippen LogP) is 0.113. The Labute approximate surface area is 98.6 Å². The number of nitrogens with zero attached hydrogens (tertiary/aromatic N) is 1. The van der Waals surface area contributed by atoms with Crippen LogP contribution in [0.4, 0.5) is 4.79 Å². The number of carbonyl (C=O) groups excluding carboxylic acids is 1. The van der Waals surface area contributed by atoms with Gasteiger partial charge in [0.05, 0.1) is 6.33 Å². The van der Waals surface area contributed by atoms with E-state index >= 15 is 0 Å². The van der Waals surface area contributed by atoms with Gasteiger partial charge in [-0.3, -0.25) is 0 Å². The summed E-state index contributed by atoms with van der Waals surface area (Å²) in [7, 11) is 0. The van der Waals surface area contributed by atoms with E-state index in [1.165, 1.54) is 12.5 Å². The minimum atomic E-state index is -1.08. The van der Waals surface area contributed by atoms with Crippen LogP contribution < -0.4 is 10.6 Å². The van der Waals surface area contributed by atoms with E-state index in [4.69, 9.17) is 5.11 Å². The van der Waals surface area contributed by atoms with Crippen molar-refractivity contribution in [1.82, 2.24) is 20.6 Å². The van der Waals surface area contributed by atoms with Crippen LogP contribution in [0.25, 0.3) is 0 Å². The lowest BCUT2D eigenvalue weighted by Crippen LogP contribution is -2.48. The maximum atomic E-state index is 11.4. The van der Waals surface area contributed by atoms with Crippen LogP contribution in [0.1, 0.15) is 19.5 Å². The van der Waals surface area contributed by atoms with Crippen molar-refractivity contribution in [3.05, 3.63) is 18.2 Å². The number of hydrogen-bond acceptors (Lipinski definition) is 3. The van der Waals surface area contributed by atoms with Gasteiger partial charge in [0.25, 0.3) is 0 Å². The molecule has 0 unspecified atom stereocenters. The number of carboxylic acids is 1. The van der Waals surface area contributed by atoms with Crippen molar-refractivity contribution in [2.24, 2.45) is 0 Å². The number of aliphatic carboxylic acids is 1. The predicted molar refractivity (Wildman–Crippen MR) is 60.5 cm³/mol. The fourth-order valence-electron chi connectivity index (χ4n) is 1.28. The Morgan fingerprint density at radius 2 is 2.18 bits per heavy atom. The molecule has 4 N–H and O–H groups in total. The highest BCUT2D eigenvalue weighted by Gasteiger charge is 2.21. The van der Waals surface area contributed by atoms with Gasteiger partial charge >= 0.3 is 12.0 Å². The fourth-order valence-corrected chi connectivity index (χ4v) is 1.28. The van der Waals surface area contributed by atoms with Gasteiger partial charge in [-0.2, -0.15) is 0 Å². The van der Waals surface area contributed by atoms with Gasteiger partial charge < -0.3 is 20.7 Å². The molecule has 1 aromatic heterocycles. The third-order valence-electron chi connectivity index (χ3n) is 2.00. The molecule has 1 rings (SSSR count). The Morgan fingerprint density at radius 3 is 2.65 bits per heavy atom. The summed E-state index contributed by atoms with van der Waals surface area (Å²) in [6.45, 7) is 3.59. The zero-order valence-electron chi connectivity index (χ0n) is 9.73. The molecule has 0 aliphatic heterocycles. The molecule has 7 heteroatoms. The molecule has 0 spiro atoms. The van der Waals surface area contributed by atoms with Crippen LogP contribution in [0.5, 0.6) is 0 Å². The summed E-state index contributed by atoms with van der Waals surface area (Å²) in [5.74, 6) is -1.08. The van der Waals surface area contributed by atoms with Gasteiger partial charge in [-0.15, -0.1) is 0 Å². The number of carboxylic acid groups (broad SMARTS) is 1. The lowest BCUT2D eigenvalue weighted by atomic mass is 10.2. The summed E-state index contributed by atoms with van der Waals surface area (Å²) in [4.78, 5) is 28.9. The van der Waals surface area contributed by atoms with Crippen LogP contribution in [0.15, 0.2) is 12.5 Å². The lowest BCUT2D eigenvalue weighted by Gasteiger charge is -2.15. The second-order valence-corrected chi connectivity index (χ2v) is 3.94. The van der Waals surface area contributed by atoms with Gasteiger partial charge in [0.15, 0.2) is 0 Å². The molecule has 0 aromatic carbocycles. The molecular weight excluding hydrogens is 224 g/mol. The normalized spacial score (nSPS) is 12.2. The highest BCUT2D eigenvalue weighted by Crippen LogP contribution is 1.98. The zero-order chi connectivity index (χ0) is 12.8. The average Bonchev–Trinajstić information content (AvgIpc) is 2.67. The lowest BCUT2D eigenvalue weighted by molar-refractivity contribution is -0.139. The van der Waals surface area contributed by atoms with E-state index in [0.717, 1.165) is 0 Å². The number of hydrogen-bond donors (Lipinski definition) is 4. The highest BCUT2D eigenvalue weighted by atomic mass is 16.4. The molecule has 0 saturated carbocycles. The van der Waals surface area contributed by atoms with Gasteiger partial charge in [-0.1, -0.05) is 0 Å². The first kappa shape index (κ1) is 13.0. The molecule has 1 heterocycles.